The summed E-state index contributed by atoms with van der Waals surface area (Å²) in [4.78, 5) is 12.2. The zero-order valence-corrected chi connectivity index (χ0v) is 7.55. The second-order valence-corrected chi connectivity index (χ2v) is 3.24. The van der Waals surface area contributed by atoms with Crippen molar-refractivity contribution in [1.82, 2.24) is 0 Å². The van der Waals surface area contributed by atoms with Gasteiger partial charge in [-0.2, -0.15) is 8.78 Å². The molecule has 1 aliphatic rings. The lowest BCUT2D eigenvalue weighted by Crippen LogP contribution is -2.30. The number of hydrogen-bond acceptors (Lipinski definition) is 1. The van der Waals surface area contributed by atoms with Gasteiger partial charge in [-0.3, -0.25) is 4.79 Å². The topological polar surface area (TPSA) is 20.3 Å². The second kappa shape index (κ2) is 2.77. The van der Waals surface area contributed by atoms with Crippen LogP contribution in [-0.2, 0) is 10.7 Å². The Morgan fingerprint density at radius 1 is 1.64 bits per heavy atom. The number of halogens is 2. The van der Waals surface area contributed by atoms with Crippen molar-refractivity contribution in [3.8, 4) is 0 Å². The molecule has 0 fully saturated rings. The molecule has 0 bridgehead atoms. The lowest BCUT2D eigenvalue weighted by Gasteiger charge is -2.14. The van der Waals surface area contributed by atoms with Gasteiger partial charge in [0.05, 0.1) is 17.8 Å². The normalized spacial score (nSPS) is 18.1. The lowest BCUT2D eigenvalue weighted by atomic mass is 10.1. The Hall–Kier alpha value is -1.45. The Kier molecular flexibility index (Phi) is 1.80. The van der Waals surface area contributed by atoms with Crippen LogP contribution in [0.5, 0.6) is 0 Å². The molecule has 0 aromatic heterocycles. The maximum Gasteiger partial charge on any atom is 0.293 e. The molecule has 0 N–H and O–H groups in total. The summed E-state index contributed by atoms with van der Waals surface area (Å²) in [5.41, 5.74) is 0.0835. The number of hydrogen-bond donors (Lipinski definition) is 0. The van der Waals surface area contributed by atoms with Crippen molar-refractivity contribution in [3.05, 3.63) is 29.8 Å². The van der Waals surface area contributed by atoms with Crippen LogP contribution >= 0.6 is 0 Å². The maximum absolute atomic E-state index is 13.3. The van der Waals surface area contributed by atoms with Gasteiger partial charge in [-0.25, -0.2) is 0 Å². The molecule has 1 aromatic rings. The van der Waals surface area contributed by atoms with Crippen LogP contribution in [0.4, 0.5) is 14.5 Å². The molecule has 0 aliphatic carbocycles. The van der Waals surface area contributed by atoms with Crippen LogP contribution in [0.25, 0.3) is 0 Å². The summed E-state index contributed by atoms with van der Waals surface area (Å²) in [5.74, 6) is -3.34. The highest BCUT2D eigenvalue weighted by Gasteiger charge is 2.44. The van der Waals surface area contributed by atoms with Crippen molar-refractivity contribution in [3.63, 3.8) is 0 Å². The molecule has 0 saturated carbocycles. The van der Waals surface area contributed by atoms with Crippen molar-refractivity contribution in [2.45, 2.75) is 12.8 Å². The molecular formula is C10H8F2NO. The summed E-state index contributed by atoms with van der Waals surface area (Å²) in [5, 5.41) is 0. The minimum atomic E-state index is -2.97. The fourth-order valence-electron chi connectivity index (χ4n) is 1.59. The van der Waals surface area contributed by atoms with Gasteiger partial charge in [0.25, 0.3) is 5.92 Å². The molecule has 0 spiro atoms. The third-order valence-corrected chi connectivity index (χ3v) is 2.23. The van der Waals surface area contributed by atoms with Gasteiger partial charge < -0.3 is 4.90 Å². The fraction of sp³-hybridized carbons (Fsp3) is 0.300. The molecule has 0 saturated heterocycles. The van der Waals surface area contributed by atoms with E-state index >= 15 is 0 Å². The van der Waals surface area contributed by atoms with Crippen molar-refractivity contribution in [2.75, 3.05) is 11.4 Å². The smallest absolute Gasteiger partial charge is 0.293 e. The number of nitrogens with zero attached hydrogens (tertiary/aromatic N) is 1. The number of carbonyl (C=O) groups excluding carboxylic acids is 1. The molecule has 1 heterocycles. The van der Waals surface area contributed by atoms with Gasteiger partial charge in [0.15, 0.2) is 0 Å². The van der Waals surface area contributed by atoms with E-state index < -0.39 is 12.5 Å². The number of rotatable bonds is 0. The molecule has 14 heavy (non-hydrogen) atoms. The highest BCUT2D eigenvalue weighted by molar-refractivity contribution is 5.94. The Labute approximate surface area is 80.1 Å². The van der Waals surface area contributed by atoms with Crippen LogP contribution in [-0.4, -0.2) is 12.5 Å². The van der Waals surface area contributed by atoms with Gasteiger partial charge in [0, 0.05) is 6.92 Å². The van der Waals surface area contributed by atoms with Crippen LogP contribution in [0.15, 0.2) is 18.2 Å². The summed E-state index contributed by atoms with van der Waals surface area (Å²) >= 11 is 0. The first kappa shape index (κ1) is 9.12. The summed E-state index contributed by atoms with van der Waals surface area (Å²) in [6.07, 6.45) is 0. The van der Waals surface area contributed by atoms with Crippen molar-refractivity contribution >= 4 is 11.6 Å². The van der Waals surface area contributed by atoms with E-state index in [-0.39, 0.29) is 17.2 Å². The predicted molar refractivity (Wildman–Crippen MR) is 47.2 cm³/mol. The number of benzene rings is 1. The standard InChI is InChI=1S/C10H8F2NO/c1-7(14)13-6-10(11,12)8-4-2-3-5-9(8)13/h2-3,5H,6H2,1H3. The summed E-state index contributed by atoms with van der Waals surface area (Å²) in [7, 11) is 0. The predicted octanol–water partition coefficient (Wildman–Crippen LogP) is 1.95. The van der Waals surface area contributed by atoms with E-state index in [0.717, 1.165) is 4.90 Å². The van der Waals surface area contributed by atoms with Gasteiger partial charge in [0.2, 0.25) is 5.91 Å². The average molecular weight is 196 g/mol. The number of amides is 1. The number of fused-ring (bicyclic) bond motifs is 1. The summed E-state index contributed by atoms with van der Waals surface area (Å²) in [6.45, 7) is 0.705. The van der Waals surface area contributed by atoms with Crippen LogP contribution in [0.1, 0.15) is 12.5 Å². The lowest BCUT2D eigenvalue weighted by molar-refractivity contribution is -0.117. The number of anilines is 1. The Morgan fingerprint density at radius 3 is 3.00 bits per heavy atom. The van der Waals surface area contributed by atoms with Crippen LogP contribution in [0, 0.1) is 6.07 Å². The minimum absolute atomic E-state index is 0.185. The Bertz CT molecular complexity index is 389. The van der Waals surface area contributed by atoms with E-state index in [9.17, 15) is 13.6 Å². The zero-order valence-electron chi connectivity index (χ0n) is 7.55. The molecule has 4 heteroatoms. The first-order chi connectivity index (χ1) is 6.52. The molecular weight excluding hydrogens is 188 g/mol. The SMILES string of the molecule is CC(=O)N1CC(F)(F)c2[c]cccc21. The molecule has 2 rings (SSSR count). The zero-order chi connectivity index (χ0) is 10.3. The number of alkyl halides is 2. The van der Waals surface area contributed by atoms with E-state index in [1.54, 1.807) is 6.07 Å². The van der Waals surface area contributed by atoms with E-state index in [2.05, 4.69) is 6.07 Å². The van der Waals surface area contributed by atoms with Gasteiger partial charge in [-0.15, -0.1) is 0 Å². The first-order valence-corrected chi connectivity index (χ1v) is 4.19. The monoisotopic (exact) mass is 196 g/mol. The van der Waals surface area contributed by atoms with Crippen LogP contribution in [0.3, 0.4) is 0 Å². The molecule has 1 aliphatic heterocycles. The van der Waals surface area contributed by atoms with Gasteiger partial charge in [0.1, 0.15) is 0 Å². The summed E-state index contributed by atoms with van der Waals surface area (Å²) < 4.78 is 26.6. The highest BCUT2D eigenvalue weighted by atomic mass is 19.3. The highest BCUT2D eigenvalue weighted by Crippen LogP contribution is 2.42. The van der Waals surface area contributed by atoms with Crippen molar-refractivity contribution < 1.29 is 13.6 Å². The Morgan fingerprint density at radius 2 is 2.36 bits per heavy atom. The molecule has 1 aromatic carbocycles. The van der Waals surface area contributed by atoms with Gasteiger partial charge >= 0.3 is 0 Å². The average Bonchev–Trinajstić information content (AvgIpc) is 2.40. The quantitative estimate of drug-likeness (QED) is 0.621. The Balaban J connectivity index is 2.55. The second-order valence-electron chi connectivity index (χ2n) is 3.24. The molecule has 73 valence electrons. The maximum atomic E-state index is 13.3. The van der Waals surface area contributed by atoms with Crippen molar-refractivity contribution in [1.29, 1.82) is 0 Å². The van der Waals surface area contributed by atoms with Gasteiger partial charge in [-0.05, 0) is 12.1 Å². The summed E-state index contributed by atoms with van der Waals surface area (Å²) in [6, 6.07) is 7.01. The van der Waals surface area contributed by atoms with Gasteiger partial charge in [-0.1, -0.05) is 12.1 Å². The third kappa shape index (κ3) is 1.18. The molecule has 2 nitrogen and oxygen atoms in total. The third-order valence-electron chi connectivity index (χ3n) is 2.23. The fourth-order valence-corrected chi connectivity index (χ4v) is 1.59. The van der Waals surface area contributed by atoms with Crippen LogP contribution in [0.2, 0.25) is 0 Å². The van der Waals surface area contributed by atoms with E-state index in [0.29, 0.717) is 0 Å². The number of carbonyl (C=O) groups is 1. The largest absolute Gasteiger partial charge is 0.306 e. The molecule has 1 radical (unpaired) electrons. The molecule has 1 amide bonds. The first-order valence-electron chi connectivity index (χ1n) is 4.19. The van der Waals surface area contributed by atoms with Crippen LogP contribution < -0.4 is 4.90 Å². The molecule has 0 atom stereocenters. The van der Waals surface area contributed by atoms with E-state index in [1.807, 2.05) is 0 Å². The van der Waals surface area contributed by atoms with E-state index in [1.165, 1.54) is 19.1 Å². The minimum Gasteiger partial charge on any atom is -0.306 e. The van der Waals surface area contributed by atoms with E-state index in [4.69, 9.17) is 0 Å². The molecule has 0 unspecified atom stereocenters. The van der Waals surface area contributed by atoms with Crippen molar-refractivity contribution in [2.24, 2.45) is 0 Å².